The summed E-state index contributed by atoms with van der Waals surface area (Å²) in [6.07, 6.45) is -0.185. The fourth-order valence-electron chi connectivity index (χ4n) is 2.28. The van der Waals surface area contributed by atoms with Crippen molar-refractivity contribution in [2.45, 2.75) is 39.3 Å². The second kappa shape index (κ2) is 9.61. The number of rotatable bonds is 4. The second-order valence-corrected chi connectivity index (χ2v) is 7.25. The van der Waals surface area contributed by atoms with Crippen LogP contribution in [0.5, 0.6) is 0 Å². The van der Waals surface area contributed by atoms with Gasteiger partial charge in [0.1, 0.15) is 5.60 Å². The van der Waals surface area contributed by atoms with Crippen molar-refractivity contribution in [3.63, 3.8) is 0 Å². The molecule has 0 radical (unpaired) electrons. The van der Waals surface area contributed by atoms with Crippen LogP contribution in [0.15, 0.2) is 48.5 Å². The van der Waals surface area contributed by atoms with Crippen LogP contribution < -0.4 is 5.32 Å². The molecule has 0 saturated carbocycles. The number of ether oxygens (including phenoxy) is 2. The zero-order chi connectivity index (χ0) is 20.6. The summed E-state index contributed by atoms with van der Waals surface area (Å²) < 4.78 is 9.86. The number of methoxy groups -OCH3 is 1. The Hall–Kier alpha value is -3.26. The van der Waals surface area contributed by atoms with Gasteiger partial charge in [-0.15, -0.1) is 0 Å². The molecule has 5 nitrogen and oxygen atoms in total. The average molecular weight is 379 g/mol. The molecule has 0 aromatic heterocycles. The summed E-state index contributed by atoms with van der Waals surface area (Å²) in [6.45, 7) is 5.87. The first kappa shape index (κ1) is 21.0. The molecule has 0 unspecified atom stereocenters. The van der Waals surface area contributed by atoms with E-state index in [0.29, 0.717) is 6.54 Å². The minimum Gasteiger partial charge on any atom is -0.469 e. The van der Waals surface area contributed by atoms with Crippen LogP contribution >= 0.6 is 0 Å². The Morgan fingerprint density at radius 3 is 1.86 bits per heavy atom. The number of carbonyl (C=O) groups is 2. The number of esters is 1. The highest BCUT2D eigenvalue weighted by molar-refractivity contribution is 5.72. The SMILES string of the molecule is COC(=O)Cc1ccc(C#Cc2ccc(CNC(=O)OC(C)(C)C)cc2)cc1. The van der Waals surface area contributed by atoms with Crippen LogP contribution in [0.2, 0.25) is 0 Å². The van der Waals surface area contributed by atoms with E-state index in [9.17, 15) is 9.59 Å². The third-order valence-corrected chi connectivity index (χ3v) is 3.67. The molecule has 0 heterocycles. The monoisotopic (exact) mass is 379 g/mol. The third-order valence-electron chi connectivity index (χ3n) is 3.67. The van der Waals surface area contributed by atoms with E-state index in [1.165, 1.54) is 7.11 Å². The van der Waals surface area contributed by atoms with Gasteiger partial charge in [0.25, 0.3) is 0 Å². The number of benzene rings is 2. The first-order valence-electron chi connectivity index (χ1n) is 8.99. The van der Waals surface area contributed by atoms with Gasteiger partial charge in [0, 0.05) is 17.7 Å². The van der Waals surface area contributed by atoms with Crippen molar-refractivity contribution in [3.8, 4) is 11.8 Å². The molecule has 0 saturated heterocycles. The van der Waals surface area contributed by atoms with E-state index in [1.54, 1.807) is 0 Å². The summed E-state index contributed by atoms with van der Waals surface area (Å²) in [4.78, 5) is 22.9. The fourth-order valence-corrected chi connectivity index (χ4v) is 2.28. The summed E-state index contributed by atoms with van der Waals surface area (Å²) in [5.41, 5.74) is 3.08. The number of alkyl carbamates (subject to hydrolysis) is 1. The van der Waals surface area contributed by atoms with Gasteiger partial charge < -0.3 is 14.8 Å². The van der Waals surface area contributed by atoms with E-state index in [2.05, 4.69) is 21.9 Å². The zero-order valence-electron chi connectivity index (χ0n) is 16.7. The lowest BCUT2D eigenvalue weighted by Gasteiger charge is -2.19. The molecule has 2 rings (SSSR count). The molecule has 0 fully saturated rings. The largest absolute Gasteiger partial charge is 0.469 e. The lowest BCUT2D eigenvalue weighted by Crippen LogP contribution is -2.32. The first-order valence-corrected chi connectivity index (χ1v) is 8.99. The van der Waals surface area contributed by atoms with Crippen molar-refractivity contribution in [3.05, 3.63) is 70.8 Å². The number of nitrogens with one attached hydrogen (secondary N) is 1. The van der Waals surface area contributed by atoms with Crippen molar-refractivity contribution < 1.29 is 19.1 Å². The number of amides is 1. The highest BCUT2D eigenvalue weighted by Crippen LogP contribution is 2.08. The normalized spacial score (nSPS) is 10.4. The van der Waals surface area contributed by atoms with E-state index in [0.717, 1.165) is 22.3 Å². The minimum absolute atomic E-state index is 0.253. The van der Waals surface area contributed by atoms with Gasteiger partial charge in [-0.3, -0.25) is 4.79 Å². The lowest BCUT2D eigenvalue weighted by molar-refractivity contribution is -0.139. The lowest BCUT2D eigenvalue weighted by atomic mass is 10.1. The predicted molar refractivity (Wildman–Crippen MR) is 108 cm³/mol. The molecule has 2 aromatic carbocycles. The van der Waals surface area contributed by atoms with E-state index < -0.39 is 11.7 Å². The van der Waals surface area contributed by atoms with E-state index in [1.807, 2.05) is 69.3 Å². The van der Waals surface area contributed by atoms with Crippen LogP contribution in [-0.4, -0.2) is 24.8 Å². The molecule has 1 amide bonds. The molecule has 28 heavy (non-hydrogen) atoms. The Labute approximate surface area is 166 Å². The van der Waals surface area contributed by atoms with Gasteiger partial charge in [-0.25, -0.2) is 4.79 Å². The van der Waals surface area contributed by atoms with Crippen LogP contribution in [-0.2, 0) is 27.2 Å². The van der Waals surface area contributed by atoms with Crippen LogP contribution in [0.1, 0.15) is 43.0 Å². The number of hydrogen-bond donors (Lipinski definition) is 1. The summed E-state index contributed by atoms with van der Waals surface area (Å²) in [5, 5.41) is 2.73. The molecule has 0 bridgehead atoms. The summed E-state index contributed by atoms with van der Waals surface area (Å²) in [5.74, 6) is 5.93. The molecule has 146 valence electrons. The van der Waals surface area contributed by atoms with Crippen molar-refractivity contribution >= 4 is 12.1 Å². The molecule has 0 aliphatic carbocycles. The third kappa shape index (κ3) is 7.55. The van der Waals surface area contributed by atoms with Gasteiger partial charge in [-0.1, -0.05) is 36.1 Å². The maximum atomic E-state index is 11.7. The van der Waals surface area contributed by atoms with E-state index >= 15 is 0 Å². The quantitative estimate of drug-likeness (QED) is 0.648. The molecule has 1 N–H and O–H groups in total. The van der Waals surface area contributed by atoms with Gasteiger partial charge in [-0.2, -0.15) is 0 Å². The van der Waals surface area contributed by atoms with Crippen LogP contribution in [0, 0.1) is 11.8 Å². The summed E-state index contributed by atoms with van der Waals surface area (Å²) in [6, 6.07) is 15.1. The maximum absolute atomic E-state index is 11.7. The maximum Gasteiger partial charge on any atom is 0.407 e. The van der Waals surface area contributed by atoms with Crippen LogP contribution in [0.25, 0.3) is 0 Å². The second-order valence-electron chi connectivity index (χ2n) is 7.25. The summed E-state index contributed by atoms with van der Waals surface area (Å²) >= 11 is 0. The molecule has 0 aliphatic rings. The van der Waals surface area contributed by atoms with Gasteiger partial charge in [0.2, 0.25) is 0 Å². The molecule has 0 spiro atoms. The Bertz CT molecular complexity index is 866. The number of hydrogen-bond acceptors (Lipinski definition) is 4. The Kier molecular flexibility index (Phi) is 7.22. The van der Waals surface area contributed by atoms with E-state index in [-0.39, 0.29) is 12.4 Å². The molecule has 0 atom stereocenters. The first-order chi connectivity index (χ1) is 13.2. The molecular weight excluding hydrogens is 354 g/mol. The smallest absolute Gasteiger partial charge is 0.407 e. The zero-order valence-corrected chi connectivity index (χ0v) is 16.7. The standard InChI is InChI=1S/C23H25NO4/c1-23(2,3)28-22(26)24-16-20-13-9-18(10-14-20)6-5-17-7-11-19(12-8-17)15-21(25)27-4/h7-14H,15-16H2,1-4H3,(H,24,26). The Morgan fingerprint density at radius 2 is 1.39 bits per heavy atom. The van der Waals surface area contributed by atoms with Crippen molar-refractivity contribution in [1.82, 2.24) is 5.32 Å². The van der Waals surface area contributed by atoms with Crippen molar-refractivity contribution in [1.29, 1.82) is 0 Å². The minimum atomic E-state index is -0.513. The van der Waals surface area contributed by atoms with Crippen LogP contribution in [0.4, 0.5) is 4.79 Å². The molecule has 5 heteroatoms. The summed E-state index contributed by atoms with van der Waals surface area (Å²) in [7, 11) is 1.38. The number of carbonyl (C=O) groups excluding carboxylic acids is 2. The fraction of sp³-hybridized carbons (Fsp3) is 0.304. The average Bonchev–Trinajstić information content (AvgIpc) is 2.65. The van der Waals surface area contributed by atoms with Gasteiger partial charge in [0.05, 0.1) is 13.5 Å². The van der Waals surface area contributed by atoms with Crippen molar-refractivity contribution in [2.24, 2.45) is 0 Å². The molecule has 0 aliphatic heterocycles. The Balaban J connectivity index is 1.91. The van der Waals surface area contributed by atoms with Crippen molar-refractivity contribution in [2.75, 3.05) is 7.11 Å². The van der Waals surface area contributed by atoms with Crippen LogP contribution in [0.3, 0.4) is 0 Å². The van der Waals surface area contributed by atoms with Gasteiger partial charge in [0.15, 0.2) is 0 Å². The molecule has 2 aromatic rings. The van der Waals surface area contributed by atoms with E-state index in [4.69, 9.17) is 4.74 Å². The predicted octanol–water partition coefficient (Wildman–Crippen LogP) is 3.83. The highest BCUT2D eigenvalue weighted by atomic mass is 16.6. The van der Waals surface area contributed by atoms with Gasteiger partial charge >= 0.3 is 12.1 Å². The topological polar surface area (TPSA) is 64.6 Å². The highest BCUT2D eigenvalue weighted by Gasteiger charge is 2.15. The molecular formula is C23H25NO4. The van der Waals surface area contributed by atoms with Gasteiger partial charge in [-0.05, 0) is 56.2 Å². The Morgan fingerprint density at radius 1 is 0.893 bits per heavy atom.